The Bertz CT molecular complexity index is 906. The van der Waals surface area contributed by atoms with Gasteiger partial charge in [-0.3, -0.25) is 14.4 Å². The van der Waals surface area contributed by atoms with Gasteiger partial charge in [0.25, 0.3) is 5.91 Å². The Balaban J connectivity index is 1.65. The Kier molecular flexibility index (Phi) is 6.32. The second-order valence-electron chi connectivity index (χ2n) is 7.74. The summed E-state index contributed by atoms with van der Waals surface area (Å²) in [4.78, 5) is 39.2. The van der Waals surface area contributed by atoms with Gasteiger partial charge in [0.15, 0.2) is 0 Å². The molecule has 1 aliphatic heterocycles. The van der Waals surface area contributed by atoms with Crippen LogP contribution in [0.15, 0.2) is 48.5 Å². The molecule has 6 heteroatoms. The number of nitrogens with zero attached hydrogens (tertiary/aromatic N) is 1. The van der Waals surface area contributed by atoms with Gasteiger partial charge in [0.1, 0.15) is 0 Å². The molecule has 1 aliphatic rings. The zero-order valence-corrected chi connectivity index (χ0v) is 17.1. The predicted octanol–water partition coefficient (Wildman–Crippen LogP) is 3.12. The maximum absolute atomic E-state index is 12.7. The first-order valence-corrected chi connectivity index (χ1v) is 9.88. The average Bonchev–Trinajstić information content (AvgIpc) is 3.10. The number of amides is 3. The van der Waals surface area contributed by atoms with E-state index in [-0.39, 0.29) is 30.2 Å². The lowest BCUT2D eigenvalue weighted by molar-refractivity contribution is -0.129. The second kappa shape index (κ2) is 8.90. The summed E-state index contributed by atoms with van der Waals surface area (Å²) >= 11 is 0. The quantitative estimate of drug-likeness (QED) is 0.791. The van der Waals surface area contributed by atoms with Gasteiger partial charge in [-0.15, -0.1) is 0 Å². The number of nitrogens with one attached hydrogen (secondary N) is 2. The smallest absolute Gasteiger partial charge is 0.253 e. The summed E-state index contributed by atoms with van der Waals surface area (Å²) in [7, 11) is 0. The number of carbonyl (C=O) groups excluding carboxylic acids is 3. The van der Waals surface area contributed by atoms with Crippen molar-refractivity contribution < 1.29 is 14.4 Å². The third kappa shape index (κ3) is 5.02. The number of likely N-dealkylation sites (tertiary alicyclic amines) is 1. The Hall–Kier alpha value is -3.15. The third-order valence-corrected chi connectivity index (χ3v) is 5.16. The summed E-state index contributed by atoms with van der Waals surface area (Å²) in [5.41, 5.74) is 3.02. The maximum atomic E-state index is 12.7. The van der Waals surface area contributed by atoms with E-state index >= 15 is 0 Å². The van der Waals surface area contributed by atoms with Crippen LogP contribution in [0.5, 0.6) is 0 Å². The fourth-order valence-electron chi connectivity index (χ4n) is 3.41. The van der Waals surface area contributed by atoms with Crippen LogP contribution in [0.25, 0.3) is 0 Å². The topological polar surface area (TPSA) is 78.5 Å². The molecule has 0 unspecified atom stereocenters. The number of hydrogen-bond acceptors (Lipinski definition) is 3. The molecule has 0 saturated carbocycles. The molecule has 29 heavy (non-hydrogen) atoms. The van der Waals surface area contributed by atoms with E-state index in [1.54, 1.807) is 29.2 Å². The van der Waals surface area contributed by atoms with Crippen molar-refractivity contribution in [2.45, 2.75) is 39.8 Å². The summed E-state index contributed by atoms with van der Waals surface area (Å²) in [6, 6.07) is 14.9. The van der Waals surface area contributed by atoms with Crippen LogP contribution in [0, 0.1) is 12.8 Å². The van der Waals surface area contributed by atoms with E-state index in [0.717, 1.165) is 11.1 Å². The monoisotopic (exact) mass is 393 g/mol. The highest BCUT2D eigenvalue weighted by atomic mass is 16.2. The highest BCUT2D eigenvalue weighted by molar-refractivity contribution is 6.05. The third-order valence-electron chi connectivity index (χ3n) is 5.16. The number of para-hydroxylation sites is 1. The molecule has 1 heterocycles. The zero-order chi connectivity index (χ0) is 21.0. The highest BCUT2D eigenvalue weighted by Crippen LogP contribution is 2.23. The van der Waals surface area contributed by atoms with Crippen molar-refractivity contribution in [2.24, 2.45) is 5.92 Å². The van der Waals surface area contributed by atoms with Crippen LogP contribution in [-0.2, 0) is 16.1 Å². The molecular formula is C23H27N3O3. The lowest BCUT2D eigenvalue weighted by Crippen LogP contribution is -2.33. The molecule has 2 aromatic rings. The molecule has 3 rings (SSSR count). The van der Waals surface area contributed by atoms with Crippen molar-refractivity contribution in [3.8, 4) is 0 Å². The summed E-state index contributed by atoms with van der Waals surface area (Å²) in [5.74, 6) is -0.911. The van der Waals surface area contributed by atoms with Gasteiger partial charge in [-0.25, -0.2) is 0 Å². The first-order valence-electron chi connectivity index (χ1n) is 9.88. The Labute approximate surface area is 171 Å². The van der Waals surface area contributed by atoms with E-state index in [0.29, 0.717) is 24.3 Å². The molecule has 0 radical (unpaired) electrons. The zero-order valence-electron chi connectivity index (χ0n) is 17.1. The largest absolute Gasteiger partial charge is 0.348 e. The number of hydrogen-bond donors (Lipinski definition) is 2. The Morgan fingerprint density at radius 2 is 1.79 bits per heavy atom. The van der Waals surface area contributed by atoms with Gasteiger partial charge in [-0.2, -0.15) is 0 Å². The molecule has 1 fully saturated rings. The molecule has 6 nitrogen and oxygen atoms in total. The van der Waals surface area contributed by atoms with E-state index < -0.39 is 5.92 Å². The van der Waals surface area contributed by atoms with Crippen molar-refractivity contribution in [3.63, 3.8) is 0 Å². The van der Waals surface area contributed by atoms with Crippen LogP contribution >= 0.6 is 0 Å². The lowest BCUT2D eigenvalue weighted by atomic mass is 10.1. The number of benzene rings is 2. The van der Waals surface area contributed by atoms with Gasteiger partial charge in [0.05, 0.1) is 17.2 Å². The van der Waals surface area contributed by atoms with Crippen molar-refractivity contribution in [1.29, 1.82) is 0 Å². The van der Waals surface area contributed by atoms with Crippen LogP contribution in [-0.4, -0.2) is 35.2 Å². The maximum Gasteiger partial charge on any atom is 0.253 e. The molecule has 1 saturated heterocycles. The summed E-state index contributed by atoms with van der Waals surface area (Å²) in [5, 5.41) is 5.73. The van der Waals surface area contributed by atoms with Gasteiger partial charge in [0, 0.05) is 25.6 Å². The predicted molar refractivity (Wildman–Crippen MR) is 112 cm³/mol. The van der Waals surface area contributed by atoms with Gasteiger partial charge < -0.3 is 15.5 Å². The van der Waals surface area contributed by atoms with Crippen LogP contribution < -0.4 is 10.6 Å². The molecule has 3 amide bonds. The van der Waals surface area contributed by atoms with E-state index in [1.807, 2.05) is 45.0 Å². The van der Waals surface area contributed by atoms with Gasteiger partial charge in [-0.05, 0) is 38.5 Å². The molecule has 2 aromatic carbocycles. The first kappa shape index (κ1) is 20.6. The number of rotatable bonds is 6. The minimum absolute atomic E-state index is 0.00993. The van der Waals surface area contributed by atoms with Crippen molar-refractivity contribution >= 4 is 23.4 Å². The van der Waals surface area contributed by atoms with E-state index in [2.05, 4.69) is 10.6 Å². The lowest BCUT2D eigenvalue weighted by Gasteiger charge is -2.20. The van der Waals surface area contributed by atoms with Crippen molar-refractivity contribution in [2.75, 3.05) is 11.9 Å². The van der Waals surface area contributed by atoms with Crippen molar-refractivity contribution in [1.82, 2.24) is 10.2 Å². The summed E-state index contributed by atoms with van der Waals surface area (Å²) < 4.78 is 0. The molecular weight excluding hydrogens is 366 g/mol. The van der Waals surface area contributed by atoms with Crippen molar-refractivity contribution in [3.05, 3.63) is 65.2 Å². The van der Waals surface area contributed by atoms with Crippen LogP contribution in [0.2, 0.25) is 0 Å². The molecule has 152 valence electrons. The fraction of sp³-hybridized carbons (Fsp3) is 0.348. The van der Waals surface area contributed by atoms with Crippen LogP contribution in [0.3, 0.4) is 0 Å². The Morgan fingerprint density at radius 1 is 1.10 bits per heavy atom. The molecule has 0 spiro atoms. The number of carbonyl (C=O) groups is 3. The Morgan fingerprint density at radius 3 is 2.45 bits per heavy atom. The second-order valence-corrected chi connectivity index (χ2v) is 7.74. The minimum atomic E-state index is -0.409. The van der Waals surface area contributed by atoms with Crippen LogP contribution in [0.1, 0.15) is 41.8 Å². The standard InChI is InChI=1S/C23H27N3O3/c1-15(2)26-14-18(12-21(26)27)22(28)25-20-7-5-4-6-19(20)23(29)24-13-17-10-8-16(3)9-11-17/h4-11,15,18H,12-14H2,1-3H3,(H,24,29)(H,25,28)/t18-/m0/s1. The molecule has 0 aliphatic carbocycles. The fourth-order valence-corrected chi connectivity index (χ4v) is 3.41. The highest BCUT2D eigenvalue weighted by Gasteiger charge is 2.35. The minimum Gasteiger partial charge on any atom is -0.348 e. The van der Waals surface area contributed by atoms with Crippen LogP contribution in [0.4, 0.5) is 5.69 Å². The van der Waals surface area contributed by atoms with Gasteiger partial charge in [-0.1, -0.05) is 42.0 Å². The SMILES string of the molecule is Cc1ccc(CNC(=O)c2ccccc2NC(=O)[C@H]2CC(=O)N(C(C)C)C2)cc1. The average molecular weight is 393 g/mol. The molecule has 1 atom stereocenters. The van der Waals surface area contributed by atoms with E-state index in [4.69, 9.17) is 0 Å². The summed E-state index contributed by atoms with van der Waals surface area (Å²) in [6.07, 6.45) is 0.200. The van der Waals surface area contributed by atoms with Gasteiger partial charge >= 0.3 is 0 Å². The van der Waals surface area contributed by atoms with E-state index in [9.17, 15) is 14.4 Å². The van der Waals surface area contributed by atoms with E-state index in [1.165, 1.54) is 0 Å². The summed E-state index contributed by atoms with van der Waals surface area (Å²) in [6.45, 7) is 6.70. The molecule has 0 bridgehead atoms. The van der Waals surface area contributed by atoms with Gasteiger partial charge in [0.2, 0.25) is 11.8 Å². The molecule has 0 aromatic heterocycles. The normalized spacial score (nSPS) is 16.2. The number of anilines is 1. The molecule has 2 N–H and O–H groups in total. The number of aryl methyl sites for hydroxylation is 1. The first-order chi connectivity index (χ1) is 13.8.